The zero-order valence-electron chi connectivity index (χ0n) is 12.8. The van der Waals surface area contributed by atoms with Crippen molar-refractivity contribution in [3.05, 3.63) is 54.1 Å². The molecule has 0 aliphatic carbocycles. The van der Waals surface area contributed by atoms with Gasteiger partial charge in [0, 0.05) is 17.3 Å². The van der Waals surface area contributed by atoms with Crippen molar-refractivity contribution in [3.8, 4) is 0 Å². The Hall–Kier alpha value is -2.54. The molecule has 0 bridgehead atoms. The smallest absolute Gasteiger partial charge is 0.175 e. The third kappa shape index (κ3) is 3.45. The molecule has 0 unspecified atom stereocenters. The van der Waals surface area contributed by atoms with Gasteiger partial charge in [0.2, 0.25) is 0 Å². The summed E-state index contributed by atoms with van der Waals surface area (Å²) in [4.78, 5) is 13.1. The number of nitrogens with zero attached hydrogens (tertiary/aromatic N) is 3. The molecule has 23 heavy (non-hydrogen) atoms. The highest BCUT2D eigenvalue weighted by atomic mass is 32.2. The maximum absolute atomic E-state index is 11.7. The van der Waals surface area contributed by atoms with E-state index in [9.17, 15) is 8.42 Å². The number of nitrogens with one attached hydrogen (secondary N) is 1. The topological polar surface area (TPSA) is 84.8 Å². The van der Waals surface area contributed by atoms with E-state index in [0.717, 1.165) is 11.4 Å². The van der Waals surface area contributed by atoms with Crippen molar-refractivity contribution in [2.75, 3.05) is 11.6 Å². The third-order valence-corrected chi connectivity index (χ3v) is 4.53. The first-order valence-electron chi connectivity index (χ1n) is 7.05. The average Bonchev–Trinajstić information content (AvgIpc) is 2.51. The quantitative estimate of drug-likeness (QED) is 0.791. The van der Waals surface area contributed by atoms with Gasteiger partial charge in [0.15, 0.2) is 9.84 Å². The molecule has 3 aromatic rings. The number of aryl methyl sites for hydroxylation is 1. The van der Waals surface area contributed by atoms with Gasteiger partial charge in [-0.1, -0.05) is 6.07 Å². The highest BCUT2D eigenvalue weighted by Gasteiger charge is 2.11. The summed E-state index contributed by atoms with van der Waals surface area (Å²) in [7, 11) is -3.28. The summed E-state index contributed by atoms with van der Waals surface area (Å²) in [5.74, 6) is 0.587. The van der Waals surface area contributed by atoms with Gasteiger partial charge in [-0.2, -0.15) is 0 Å². The molecule has 7 heteroatoms. The van der Waals surface area contributed by atoms with Gasteiger partial charge in [0.25, 0.3) is 0 Å². The Morgan fingerprint density at radius 3 is 2.70 bits per heavy atom. The summed E-state index contributed by atoms with van der Waals surface area (Å²) in [6.45, 7) is 2.43. The first kappa shape index (κ1) is 15.4. The lowest BCUT2D eigenvalue weighted by Gasteiger charge is -2.09. The molecule has 0 radical (unpaired) electrons. The van der Waals surface area contributed by atoms with Crippen LogP contribution in [0.2, 0.25) is 0 Å². The molecular formula is C16H16N4O2S. The van der Waals surface area contributed by atoms with Gasteiger partial charge in [-0.3, -0.25) is 4.98 Å². The molecule has 0 saturated heterocycles. The van der Waals surface area contributed by atoms with E-state index in [0.29, 0.717) is 23.3 Å². The highest BCUT2D eigenvalue weighted by Crippen LogP contribution is 2.23. The summed E-state index contributed by atoms with van der Waals surface area (Å²) in [6.07, 6.45) is 2.64. The Morgan fingerprint density at radius 2 is 1.96 bits per heavy atom. The molecule has 0 fully saturated rings. The summed E-state index contributed by atoms with van der Waals surface area (Å²) < 4.78 is 23.5. The first-order valence-corrected chi connectivity index (χ1v) is 8.94. The van der Waals surface area contributed by atoms with Gasteiger partial charge in [-0.15, -0.1) is 0 Å². The minimum atomic E-state index is -3.28. The number of anilines is 1. The number of hydrogen-bond acceptors (Lipinski definition) is 6. The van der Waals surface area contributed by atoms with E-state index in [1.807, 2.05) is 25.1 Å². The minimum absolute atomic E-state index is 0.247. The fourth-order valence-electron chi connectivity index (χ4n) is 2.28. The van der Waals surface area contributed by atoms with Crippen molar-refractivity contribution < 1.29 is 8.42 Å². The zero-order valence-corrected chi connectivity index (χ0v) is 13.6. The van der Waals surface area contributed by atoms with Crippen molar-refractivity contribution in [3.63, 3.8) is 0 Å². The zero-order chi connectivity index (χ0) is 16.4. The van der Waals surface area contributed by atoms with Crippen LogP contribution in [0.15, 0.2) is 47.6 Å². The lowest BCUT2D eigenvalue weighted by atomic mass is 10.2. The minimum Gasteiger partial charge on any atom is -0.364 e. The normalized spacial score (nSPS) is 11.6. The molecule has 6 nitrogen and oxygen atoms in total. The van der Waals surface area contributed by atoms with Crippen LogP contribution < -0.4 is 5.32 Å². The number of sulfone groups is 1. The van der Waals surface area contributed by atoms with Crippen molar-refractivity contribution in [1.82, 2.24) is 15.0 Å². The number of fused-ring (bicyclic) bond motifs is 1. The molecule has 118 valence electrons. The molecule has 0 atom stereocenters. The predicted octanol–water partition coefficient (Wildman–Crippen LogP) is 2.35. The van der Waals surface area contributed by atoms with Crippen LogP contribution >= 0.6 is 0 Å². The molecular weight excluding hydrogens is 312 g/mol. The molecule has 0 spiro atoms. The largest absolute Gasteiger partial charge is 0.364 e. The van der Waals surface area contributed by atoms with Gasteiger partial charge in [-0.25, -0.2) is 18.4 Å². The van der Waals surface area contributed by atoms with Crippen LogP contribution in [-0.4, -0.2) is 29.6 Å². The standard InChI is InChI=1S/C16H16N4O2S/c1-11-4-3-5-12(20-11)9-17-16-14-8-13(23(2,21)22)6-7-15(14)18-10-19-16/h3-8,10H,9H2,1-2H3,(H,17,18,19). The molecule has 2 aromatic heterocycles. The molecule has 1 aromatic carbocycles. The Balaban J connectivity index is 1.96. The maximum atomic E-state index is 11.7. The van der Waals surface area contributed by atoms with E-state index in [-0.39, 0.29) is 4.90 Å². The Kier molecular flexibility index (Phi) is 3.96. The Labute approximate surface area is 134 Å². The van der Waals surface area contributed by atoms with Crippen LogP contribution in [0.4, 0.5) is 5.82 Å². The summed E-state index contributed by atoms with van der Waals surface area (Å²) in [6, 6.07) is 10.6. The molecule has 0 aliphatic heterocycles. The van der Waals surface area contributed by atoms with Gasteiger partial charge >= 0.3 is 0 Å². The van der Waals surface area contributed by atoms with E-state index in [2.05, 4.69) is 20.3 Å². The SMILES string of the molecule is Cc1cccc(CNc2ncnc3ccc(S(C)(=O)=O)cc23)n1. The van der Waals surface area contributed by atoms with E-state index in [1.54, 1.807) is 18.2 Å². The number of benzene rings is 1. The molecule has 3 rings (SSSR count). The third-order valence-electron chi connectivity index (χ3n) is 3.42. The van der Waals surface area contributed by atoms with Crippen molar-refractivity contribution in [1.29, 1.82) is 0 Å². The molecule has 0 aliphatic rings. The summed E-state index contributed by atoms with van der Waals surface area (Å²) >= 11 is 0. The number of hydrogen-bond donors (Lipinski definition) is 1. The Bertz CT molecular complexity index is 971. The lowest BCUT2D eigenvalue weighted by molar-refractivity contribution is 0.602. The first-order chi connectivity index (χ1) is 10.9. The van der Waals surface area contributed by atoms with Crippen LogP contribution in [0.1, 0.15) is 11.4 Å². The monoisotopic (exact) mass is 328 g/mol. The van der Waals surface area contributed by atoms with E-state index in [4.69, 9.17) is 0 Å². The number of pyridine rings is 1. The molecule has 2 heterocycles. The maximum Gasteiger partial charge on any atom is 0.175 e. The van der Waals surface area contributed by atoms with Crippen molar-refractivity contribution in [2.24, 2.45) is 0 Å². The van der Waals surface area contributed by atoms with Crippen LogP contribution in [0.25, 0.3) is 10.9 Å². The van der Waals surface area contributed by atoms with Gasteiger partial charge in [0.1, 0.15) is 12.1 Å². The number of aromatic nitrogens is 3. The highest BCUT2D eigenvalue weighted by molar-refractivity contribution is 7.90. The summed E-state index contributed by atoms with van der Waals surface area (Å²) in [5.41, 5.74) is 2.51. The van der Waals surface area contributed by atoms with E-state index >= 15 is 0 Å². The predicted molar refractivity (Wildman–Crippen MR) is 88.9 cm³/mol. The molecule has 1 N–H and O–H groups in total. The van der Waals surface area contributed by atoms with Crippen molar-refractivity contribution in [2.45, 2.75) is 18.4 Å². The summed E-state index contributed by atoms with van der Waals surface area (Å²) in [5, 5.41) is 3.87. The van der Waals surface area contributed by atoms with E-state index < -0.39 is 9.84 Å². The van der Waals surface area contributed by atoms with Gasteiger partial charge in [0.05, 0.1) is 22.7 Å². The second-order valence-electron chi connectivity index (χ2n) is 5.30. The second-order valence-corrected chi connectivity index (χ2v) is 7.31. The lowest BCUT2D eigenvalue weighted by Crippen LogP contribution is -2.05. The van der Waals surface area contributed by atoms with Crippen LogP contribution in [0.3, 0.4) is 0 Å². The Morgan fingerprint density at radius 1 is 1.13 bits per heavy atom. The fraction of sp³-hybridized carbons (Fsp3) is 0.188. The molecule has 0 saturated carbocycles. The van der Waals surface area contributed by atoms with Gasteiger partial charge in [-0.05, 0) is 37.3 Å². The van der Waals surface area contributed by atoms with Crippen molar-refractivity contribution >= 4 is 26.6 Å². The van der Waals surface area contributed by atoms with Crippen LogP contribution in [0.5, 0.6) is 0 Å². The van der Waals surface area contributed by atoms with E-state index in [1.165, 1.54) is 12.6 Å². The van der Waals surface area contributed by atoms with Gasteiger partial charge < -0.3 is 5.32 Å². The molecule has 0 amide bonds. The van der Waals surface area contributed by atoms with Crippen LogP contribution in [-0.2, 0) is 16.4 Å². The fourth-order valence-corrected chi connectivity index (χ4v) is 2.93. The second kappa shape index (κ2) is 5.92. The number of rotatable bonds is 4. The average molecular weight is 328 g/mol. The van der Waals surface area contributed by atoms with Crippen LogP contribution in [0, 0.1) is 6.92 Å².